The SMILES string of the molecule is C[n+]1ccc(C=Cc2ccc(O)c(C=Cc3cc[n+](C)c4ccccc34)c2)c2ccccc21. The molecule has 1 N–H and O–H groups in total. The molecule has 0 amide bonds. The molecule has 0 fully saturated rings. The normalized spacial score (nSPS) is 11.8. The van der Waals surface area contributed by atoms with Crippen molar-refractivity contribution in [2.24, 2.45) is 14.1 Å². The number of phenolic OH excluding ortho intramolecular Hbond substituents is 1. The summed E-state index contributed by atoms with van der Waals surface area (Å²) in [5, 5.41) is 12.8. The maximum absolute atomic E-state index is 10.4. The van der Waals surface area contributed by atoms with Gasteiger partial charge in [-0.1, -0.05) is 54.6 Å². The number of aromatic nitrogens is 2. The van der Waals surface area contributed by atoms with E-state index < -0.39 is 0 Å². The van der Waals surface area contributed by atoms with Gasteiger partial charge in [0.05, 0.1) is 10.8 Å². The van der Waals surface area contributed by atoms with Crippen LogP contribution in [0.5, 0.6) is 5.75 Å². The van der Waals surface area contributed by atoms with Gasteiger partial charge in [-0.05, 0) is 41.0 Å². The summed E-state index contributed by atoms with van der Waals surface area (Å²) < 4.78 is 4.24. The van der Waals surface area contributed by atoms with Crippen molar-refractivity contribution in [3.8, 4) is 5.75 Å². The summed E-state index contributed by atoms with van der Waals surface area (Å²) in [4.78, 5) is 0. The lowest BCUT2D eigenvalue weighted by Gasteiger charge is -2.04. The van der Waals surface area contributed by atoms with Crippen LogP contribution in [0.2, 0.25) is 0 Å². The number of nitrogens with zero attached hydrogens (tertiary/aromatic N) is 2. The van der Waals surface area contributed by atoms with Crippen molar-refractivity contribution in [3.05, 3.63) is 114 Å². The van der Waals surface area contributed by atoms with Gasteiger partial charge in [0.1, 0.15) is 19.8 Å². The number of rotatable bonds is 4. The minimum Gasteiger partial charge on any atom is -0.507 e. The summed E-state index contributed by atoms with van der Waals surface area (Å²) in [7, 11) is 4.11. The highest BCUT2D eigenvalue weighted by atomic mass is 16.3. The Bertz CT molecular complexity index is 1550. The molecule has 0 atom stereocenters. The monoisotopic (exact) mass is 430 g/mol. The third-order valence-corrected chi connectivity index (χ3v) is 6.09. The second kappa shape index (κ2) is 8.71. The first-order valence-corrected chi connectivity index (χ1v) is 11.0. The van der Waals surface area contributed by atoms with Gasteiger partial charge in [-0.3, -0.25) is 0 Å². The topological polar surface area (TPSA) is 28.0 Å². The molecule has 0 aliphatic heterocycles. The minimum atomic E-state index is 0.270. The number of hydrogen-bond acceptors (Lipinski definition) is 1. The summed E-state index contributed by atoms with van der Waals surface area (Å²) >= 11 is 0. The Morgan fingerprint density at radius 2 is 1.09 bits per heavy atom. The van der Waals surface area contributed by atoms with Gasteiger partial charge in [-0.25, -0.2) is 9.13 Å². The maximum atomic E-state index is 10.4. The molecule has 0 aliphatic rings. The van der Waals surface area contributed by atoms with E-state index in [2.05, 4.69) is 101 Å². The van der Waals surface area contributed by atoms with Crippen LogP contribution in [-0.4, -0.2) is 5.11 Å². The van der Waals surface area contributed by atoms with E-state index >= 15 is 0 Å². The quantitative estimate of drug-likeness (QED) is 0.365. The second-order valence-corrected chi connectivity index (χ2v) is 8.28. The van der Waals surface area contributed by atoms with Gasteiger partial charge in [0.15, 0.2) is 12.4 Å². The Balaban J connectivity index is 1.48. The predicted molar refractivity (Wildman–Crippen MR) is 136 cm³/mol. The van der Waals surface area contributed by atoms with Crippen LogP contribution < -0.4 is 9.13 Å². The molecule has 2 aromatic heterocycles. The van der Waals surface area contributed by atoms with Crippen LogP contribution in [0.25, 0.3) is 46.1 Å². The average molecular weight is 431 g/mol. The molecule has 0 bridgehead atoms. The minimum absolute atomic E-state index is 0.270. The number of para-hydroxylation sites is 2. The fourth-order valence-electron chi connectivity index (χ4n) is 4.24. The van der Waals surface area contributed by atoms with E-state index in [0.717, 1.165) is 22.3 Å². The largest absolute Gasteiger partial charge is 0.507 e. The summed E-state index contributed by atoms with van der Waals surface area (Å²) in [5.41, 5.74) is 6.47. The average Bonchev–Trinajstić information content (AvgIpc) is 2.85. The van der Waals surface area contributed by atoms with Crippen LogP contribution in [0.15, 0.2) is 91.3 Å². The first-order valence-electron chi connectivity index (χ1n) is 11.0. The van der Waals surface area contributed by atoms with Gasteiger partial charge in [0.25, 0.3) is 0 Å². The molecule has 0 saturated heterocycles. The Morgan fingerprint density at radius 3 is 1.70 bits per heavy atom. The van der Waals surface area contributed by atoms with Gasteiger partial charge >= 0.3 is 0 Å². The molecule has 0 aliphatic carbocycles. The van der Waals surface area contributed by atoms with Crippen molar-refractivity contribution in [1.82, 2.24) is 0 Å². The van der Waals surface area contributed by atoms with Crippen LogP contribution in [-0.2, 0) is 14.1 Å². The van der Waals surface area contributed by atoms with Gasteiger partial charge < -0.3 is 5.11 Å². The number of aromatic hydroxyl groups is 1. The Hall–Kier alpha value is -4.24. The van der Waals surface area contributed by atoms with Gasteiger partial charge in [-0.2, -0.15) is 0 Å². The van der Waals surface area contributed by atoms with E-state index in [-0.39, 0.29) is 5.75 Å². The van der Waals surface area contributed by atoms with Gasteiger partial charge in [-0.15, -0.1) is 0 Å². The lowest BCUT2D eigenvalue weighted by Crippen LogP contribution is -2.28. The number of benzene rings is 3. The van der Waals surface area contributed by atoms with E-state index in [0.29, 0.717) is 0 Å². The summed E-state index contributed by atoms with van der Waals surface area (Å²) in [5.74, 6) is 0.270. The van der Waals surface area contributed by atoms with Crippen molar-refractivity contribution in [2.75, 3.05) is 0 Å². The van der Waals surface area contributed by atoms with Crippen LogP contribution in [0.1, 0.15) is 22.3 Å². The summed E-state index contributed by atoms with van der Waals surface area (Å²) in [6.07, 6.45) is 12.4. The molecular formula is C30H26N2O+2. The zero-order valence-corrected chi connectivity index (χ0v) is 18.8. The van der Waals surface area contributed by atoms with Crippen LogP contribution in [0.3, 0.4) is 0 Å². The highest BCUT2D eigenvalue weighted by molar-refractivity contribution is 5.90. The van der Waals surface area contributed by atoms with Crippen molar-refractivity contribution in [3.63, 3.8) is 0 Å². The van der Waals surface area contributed by atoms with E-state index in [4.69, 9.17) is 0 Å². The van der Waals surface area contributed by atoms with Gasteiger partial charge in [0, 0.05) is 29.8 Å². The number of phenols is 1. The van der Waals surface area contributed by atoms with E-state index in [1.54, 1.807) is 6.07 Å². The lowest BCUT2D eigenvalue weighted by molar-refractivity contribution is -0.645. The number of aryl methyl sites for hydroxylation is 2. The molecule has 33 heavy (non-hydrogen) atoms. The number of pyridine rings is 2. The lowest BCUT2D eigenvalue weighted by atomic mass is 10.0. The fourth-order valence-corrected chi connectivity index (χ4v) is 4.24. The molecule has 0 spiro atoms. The molecule has 0 radical (unpaired) electrons. The van der Waals surface area contributed by atoms with E-state index in [9.17, 15) is 5.11 Å². The first kappa shape index (κ1) is 20.7. The van der Waals surface area contributed by atoms with Crippen molar-refractivity contribution < 1.29 is 14.2 Å². The Morgan fingerprint density at radius 1 is 0.576 bits per heavy atom. The molecule has 0 saturated carbocycles. The first-order chi connectivity index (χ1) is 16.1. The molecule has 5 rings (SSSR count). The second-order valence-electron chi connectivity index (χ2n) is 8.28. The molecular weight excluding hydrogens is 404 g/mol. The van der Waals surface area contributed by atoms with Gasteiger partial charge in [0.2, 0.25) is 11.0 Å². The summed E-state index contributed by atoms with van der Waals surface area (Å²) in [6.45, 7) is 0. The molecule has 160 valence electrons. The van der Waals surface area contributed by atoms with Crippen molar-refractivity contribution in [1.29, 1.82) is 0 Å². The van der Waals surface area contributed by atoms with Crippen LogP contribution in [0.4, 0.5) is 0 Å². The standard InChI is InChI=1S/C30H25N2O/c1-31-19-17-23(26-7-3-5-9-28(26)31)13-11-22-12-16-30(33)25(21-22)15-14-24-18-20-32(2)29-10-6-4-8-27(24)29/h3-21H,1-2H3/q+1/p+1. The highest BCUT2D eigenvalue weighted by Gasteiger charge is 2.08. The maximum Gasteiger partial charge on any atom is 0.212 e. The molecule has 0 unspecified atom stereocenters. The van der Waals surface area contributed by atoms with E-state index in [1.807, 2.05) is 31.3 Å². The molecule has 3 aromatic carbocycles. The number of hydrogen-bond donors (Lipinski definition) is 1. The predicted octanol–water partition coefficient (Wildman–Crippen LogP) is 5.69. The zero-order chi connectivity index (χ0) is 22.8. The van der Waals surface area contributed by atoms with Crippen LogP contribution >= 0.6 is 0 Å². The third-order valence-electron chi connectivity index (χ3n) is 6.09. The molecule has 2 heterocycles. The van der Waals surface area contributed by atoms with Crippen molar-refractivity contribution >= 4 is 46.1 Å². The Labute approximate surface area is 193 Å². The zero-order valence-electron chi connectivity index (χ0n) is 18.8. The van der Waals surface area contributed by atoms with Crippen LogP contribution in [0, 0.1) is 0 Å². The third kappa shape index (κ3) is 4.13. The smallest absolute Gasteiger partial charge is 0.212 e. The Kier molecular flexibility index (Phi) is 5.45. The van der Waals surface area contributed by atoms with E-state index in [1.165, 1.54) is 21.8 Å². The molecule has 5 aromatic rings. The van der Waals surface area contributed by atoms with Crippen molar-refractivity contribution in [2.45, 2.75) is 0 Å². The highest BCUT2D eigenvalue weighted by Crippen LogP contribution is 2.25. The number of fused-ring (bicyclic) bond motifs is 2. The summed E-state index contributed by atoms with van der Waals surface area (Å²) in [6, 6.07) is 26.7. The molecule has 3 heteroatoms. The molecule has 3 nitrogen and oxygen atoms in total. The fraction of sp³-hybridized carbons (Fsp3) is 0.0667.